The molecule has 1 atom stereocenters. The van der Waals surface area contributed by atoms with Gasteiger partial charge in [-0.1, -0.05) is 39.8 Å². The molecule has 0 saturated heterocycles. The normalized spacial score (nSPS) is 13.5. The first kappa shape index (κ1) is 12.8. The number of ketones is 1. The number of rotatable bonds is 3. The van der Waals surface area contributed by atoms with Crippen molar-refractivity contribution in [2.24, 2.45) is 5.41 Å². The van der Waals surface area contributed by atoms with Crippen LogP contribution in [0.15, 0.2) is 24.3 Å². The van der Waals surface area contributed by atoms with Crippen LogP contribution in [0.5, 0.6) is 0 Å². The Morgan fingerprint density at radius 2 is 2.00 bits per heavy atom. The highest BCUT2D eigenvalue weighted by atomic mass is 16.1. The number of nitrogens with two attached hydrogens (primary N) is 1. The zero-order valence-electron chi connectivity index (χ0n) is 10.6. The molecule has 1 rings (SSSR count). The average Bonchev–Trinajstić information content (AvgIpc) is 2.16. The lowest BCUT2D eigenvalue weighted by Crippen LogP contribution is -2.21. The lowest BCUT2D eigenvalue weighted by atomic mass is 9.83. The molecule has 0 saturated carbocycles. The van der Waals surface area contributed by atoms with Crippen LogP contribution in [0.1, 0.15) is 45.6 Å². The van der Waals surface area contributed by atoms with Crippen molar-refractivity contribution in [2.75, 3.05) is 5.73 Å². The van der Waals surface area contributed by atoms with Crippen LogP contribution in [-0.2, 0) is 4.79 Å². The van der Waals surface area contributed by atoms with Crippen molar-refractivity contribution in [1.29, 1.82) is 0 Å². The van der Waals surface area contributed by atoms with E-state index in [2.05, 4.69) is 6.92 Å². The minimum absolute atomic E-state index is 0.232. The number of Topliss-reactive ketones (excluding diaryl/α,β-unsaturated/α-hetero) is 1. The SMILES string of the molecule is C[C@H](CC(=O)C(C)(C)C)c1cccc(N)c1. The monoisotopic (exact) mass is 219 g/mol. The number of hydrogen-bond acceptors (Lipinski definition) is 2. The van der Waals surface area contributed by atoms with Crippen LogP contribution in [0.25, 0.3) is 0 Å². The average molecular weight is 219 g/mol. The quantitative estimate of drug-likeness (QED) is 0.792. The number of nitrogen functional groups attached to an aromatic ring is 1. The molecule has 16 heavy (non-hydrogen) atoms. The standard InChI is InChI=1S/C14H21NO/c1-10(8-13(16)14(2,3)4)11-6-5-7-12(15)9-11/h5-7,9-10H,8,15H2,1-4H3/t10-/m1/s1. The van der Waals surface area contributed by atoms with E-state index in [9.17, 15) is 4.79 Å². The lowest BCUT2D eigenvalue weighted by Gasteiger charge is -2.20. The van der Waals surface area contributed by atoms with Gasteiger partial charge in [-0.15, -0.1) is 0 Å². The van der Waals surface area contributed by atoms with Crippen molar-refractivity contribution in [1.82, 2.24) is 0 Å². The molecule has 0 aliphatic rings. The fraction of sp³-hybridized carbons (Fsp3) is 0.500. The fourth-order valence-corrected chi connectivity index (χ4v) is 1.57. The maximum absolute atomic E-state index is 11.9. The van der Waals surface area contributed by atoms with Crippen LogP contribution in [0, 0.1) is 5.41 Å². The van der Waals surface area contributed by atoms with Gasteiger partial charge in [-0.25, -0.2) is 0 Å². The largest absolute Gasteiger partial charge is 0.399 e. The van der Waals surface area contributed by atoms with E-state index in [1.165, 1.54) is 0 Å². The molecule has 0 aliphatic heterocycles. The third-order valence-electron chi connectivity index (χ3n) is 2.81. The van der Waals surface area contributed by atoms with Crippen molar-refractivity contribution in [2.45, 2.75) is 40.0 Å². The van der Waals surface area contributed by atoms with E-state index in [0.29, 0.717) is 12.2 Å². The molecule has 2 heteroatoms. The number of carbonyl (C=O) groups excluding carboxylic acids is 1. The van der Waals surface area contributed by atoms with Crippen molar-refractivity contribution in [3.63, 3.8) is 0 Å². The number of anilines is 1. The van der Waals surface area contributed by atoms with E-state index in [4.69, 9.17) is 5.73 Å². The molecule has 0 aromatic heterocycles. The zero-order chi connectivity index (χ0) is 12.3. The van der Waals surface area contributed by atoms with Crippen molar-refractivity contribution >= 4 is 11.5 Å². The van der Waals surface area contributed by atoms with Gasteiger partial charge >= 0.3 is 0 Å². The van der Waals surface area contributed by atoms with Crippen LogP contribution >= 0.6 is 0 Å². The highest BCUT2D eigenvalue weighted by Gasteiger charge is 2.23. The molecule has 0 unspecified atom stereocenters. The Kier molecular flexibility index (Phi) is 3.74. The predicted molar refractivity (Wildman–Crippen MR) is 68.3 cm³/mol. The molecule has 0 fully saturated rings. The number of benzene rings is 1. The summed E-state index contributed by atoms with van der Waals surface area (Å²) in [6.07, 6.45) is 0.576. The van der Waals surface area contributed by atoms with Crippen LogP contribution in [0.4, 0.5) is 5.69 Å². The Balaban J connectivity index is 2.73. The topological polar surface area (TPSA) is 43.1 Å². The zero-order valence-corrected chi connectivity index (χ0v) is 10.6. The van der Waals surface area contributed by atoms with Gasteiger partial charge in [0.2, 0.25) is 0 Å². The summed E-state index contributed by atoms with van der Waals surface area (Å²) in [5.74, 6) is 0.526. The second kappa shape index (κ2) is 4.69. The molecule has 0 radical (unpaired) electrons. The van der Waals surface area contributed by atoms with Crippen LogP contribution in [-0.4, -0.2) is 5.78 Å². The molecule has 0 spiro atoms. The molecular formula is C14H21NO. The minimum atomic E-state index is -0.255. The first-order valence-electron chi connectivity index (χ1n) is 5.69. The van der Waals surface area contributed by atoms with E-state index in [1.54, 1.807) is 0 Å². The van der Waals surface area contributed by atoms with Crippen molar-refractivity contribution < 1.29 is 4.79 Å². The summed E-state index contributed by atoms with van der Waals surface area (Å²) in [7, 11) is 0. The summed E-state index contributed by atoms with van der Waals surface area (Å²) in [6, 6.07) is 7.77. The highest BCUT2D eigenvalue weighted by Crippen LogP contribution is 2.26. The Hall–Kier alpha value is -1.31. The maximum Gasteiger partial charge on any atom is 0.138 e. The molecule has 2 N–H and O–H groups in total. The summed E-state index contributed by atoms with van der Waals surface area (Å²) in [4.78, 5) is 11.9. The highest BCUT2D eigenvalue weighted by molar-refractivity contribution is 5.84. The number of hydrogen-bond donors (Lipinski definition) is 1. The molecule has 0 heterocycles. The summed E-state index contributed by atoms with van der Waals surface area (Å²) in [5, 5.41) is 0. The molecule has 0 amide bonds. The van der Waals surface area contributed by atoms with Crippen LogP contribution < -0.4 is 5.73 Å². The third-order valence-corrected chi connectivity index (χ3v) is 2.81. The summed E-state index contributed by atoms with van der Waals surface area (Å²) in [6.45, 7) is 7.95. The van der Waals surface area contributed by atoms with E-state index < -0.39 is 0 Å². The lowest BCUT2D eigenvalue weighted by molar-refractivity contribution is -0.126. The van der Waals surface area contributed by atoms with E-state index in [-0.39, 0.29) is 11.3 Å². The Labute approximate surface area is 97.9 Å². The van der Waals surface area contributed by atoms with E-state index >= 15 is 0 Å². The van der Waals surface area contributed by atoms with Gasteiger partial charge in [0.15, 0.2) is 0 Å². The Bertz CT molecular complexity index is 377. The summed E-state index contributed by atoms with van der Waals surface area (Å²) >= 11 is 0. The molecule has 2 nitrogen and oxygen atoms in total. The van der Waals surface area contributed by atoms with E-state index in [1.807, 2.05) is 45.0 Å². The molecule has 0 aliphatic carbocycles. The Morgan fingerprint density at radius 1 is 1.38 bits per heavy atom. The molecule has 88 valence electrons. The van der Waals surface area contributed by atoms with Gasteiger partial charge in [-0.05, 0) is 23.6 Å². The van der Waals surface area contributed by atoms with Crippen molar-refractivity contribution in [3.05, 3.63) is 29.8 Å². The Morgan fingerprint density at radius 3 is 2.50 bits per heavy atom. The molecular weight excluding hydrogens is 198 g/mol. The summed E-state index contributed by atoms with van der Waals surface area (Å²) < 4.78 is 0. The maximum atomic E-state index is 11.9. The van der Waals surface area contributed by atoms with Gasteiger partial charge in [0.25, 0.3) is 0 Å². The molecule has 1 aromatic rings. The second-order valence-corrected chi connectivity index (χ2v) is 5.45. The second-order valence-electron chi connectivity index (χ2n) is 5.45. The van der Waals surface area contributed by atoms with Gasteiger partial charge < -0.3 is 5.73 Å². The van der Waals surface area contributed by atoms with Gasteiger partial charge in [0.05, 0.1) is 0 Å². The van der Waals surface area contributed by atoms with Crippen LogP contribution in [0.2, 0.25) is 0 Å². The number of carbonyl (C=O) groups is 1. The fourth-order valence-electron chi connectivity index (χ4n) is 1.57. The van der Waals surface area contributed by atoms with Gasteiger partial charge in [0.1, 0.15) is 5.78 Å². The van der Waals surface area contributed by atoms with Gasteiger partial charge in [-0.2, -0.15) is 0 Å². The first-order valence-corrected chi connectivity index (χ1v) is 5.69. The smallest absolute Gasteiger partial charge is 0.138 e. The summed E-state index contributed by atoms with van der Waals surface area (Å²) in [5.41, 5.74) is 7.37. The minimum Gasteiger partial charge on any atom is -0.399 e. The van der Waals surface area contributed by atoms with Gasteiger partial charge in [0, 0.05) is 17.5 Å². The van der Waals surface area contributed by atoms with Gasteiger partial charge in [-0.3, -0.25) is 4.79 Å². The van der Waals surface area contributed by atoms with Crippen molar-refractivity contribution in [3.8, 4) is 0 Å². The molecule has 0 bridgehead atoms. The first-order chi connectivity index (χ1) is 7.30. The third kappa shape index (κ3) is 3.37. The predicted octanol–water partition coefficient (Wildman–Crippen LogP) is 3.38. The molecule has 1 aromatic carbocycles. The van der Waals surface area contributed by atoms with Crippen LogP contribution in [0.3, 0.4) is 0 Å². The van der Waals surface area contributed by atoms with E-state index in [0.717, 1.165) is 11.3 Å².